The van der Waals surface area contributed by atoms with Gasteiger partial charge in [0.1, 0.15) is 5.82 Å². The van der Waals surface area contributed by atoms with Gasteiger partial charge in [-0.3, -0.25) is 14.7 Å². The fraction of sp³-hybridized carbons (Fsp3) is 0.333. The molecule has 5 rings (SSSR count). The second kappa shape index (κ2) is 6.79. The van der Waals surface area contributed by atoms with Crippen molar-refractivity contribution in [1.82, 2.24) is 20.1 Å². The van der Waals surface area contributed by atoms with Gasteiger partial charge >= 0.3 is 12.1 Å². The molecule has 31 heavy (non-hydrogen) atoms. The standard InChI is InChI=1S/C21H18F3N5O2/c22-21(23,24)19(31)29-10-20(11-29)5-15(6-20)18(30)28-17-4-14-3-12(16-8-26-27-9-16)1-2-13(14)7-25-17/h1-4,7-9,15H,5-6,10-11H2,(H,26,27)(H,25,28,30). The molecule has 160 valence electrons. The molecule has 3 aromatic rings. The number of alkyl halides is 3. The Morgan fingerprint density at radius 2 is 1.87 bits per heavy atom. The number of aromatic nitrogens is 3. The quantitative estimate of drug-likeness (QED) is 0.668. The van der Waals surface area contributed by atoms with Crippen LogP contribution in [0, 0.1) is 11.3 Å². The molecule has 1 aliphatic heterocycles. The van der Waals surface area contributed by atoms with E-state index in [9.17, 15) is 22.8 Å². The number of halogens is 3. The van der Waals surface area contributed by atoms with Crippen LogP contribution < -0.4 is 5.32 Å². The Morgan fingerprint density at radius 1 is 1.10 bits per heavy atom. The molecule has 0 bridgehead atoms. The van der Waals surface area contributed by atoms with E-state index in [1.165, 1.54) is 0 Å². The third kappa shape index (κ3) is 3.51. The van der Waals surface area contributed by atoms with Gasteiger partial charge in [-0.2, -0.15) is 18.3 Å². The third-order valence-corrected chi connectivity index (χ3v) is 6.12. The van der Waals surface area contributed by atoms with Crippen LogP contribution in [0.3, 0.4) is 0 Å². The van der Waals surface area contributed by atoms with Crippen LogP contribution in [0.4, 0.5) is 19.0 Å². The molecule has 1 spiro atoms. The summed E-state index contributed by atoms with van der Waals surface area (Å²) in [5.74, 6) is -1.88. The van der Waals surface area contributed by atoms with Crippen LogP contribution in [0.2, 0.25) is 0 Å². The topological polar surface area (TPSA) is 91.0 Å². The highest BCUT2D eigenvalue weighted by molar-refractivity contribution is 5.95. The molecule has 1 aromatic carbocycles. The van der Waals surface area contributed by atoms with Gasteiger partial charge in [-0.15, -0.1) is 0 Å². The van der Waals surface area contributed by atoms with Crippen LogP contribution in [-0.2, 0) is 9.59 Å². The van der Waals surface area contributed by atoms with Crippen molar-refractivity contribution >= 4 is 28.4 Å². The number of carbonyl (C=O) groups excluding carboxylic acids is 2. The van der Waals surface area contributed by atoms with Gasteiger partial charge in [0.05, 0.1) is 6.20 Å². The molecule has 1 aliphatic carbocycles. The predicted molar refractivity (Wildman–Crippen MR) is 106 cm³/mol. The molecule has 7 nitrogen and oxygen atoms in total. The average Bonchev–Trinajstić information content (AvgIpc) is 3.19. The summed E-state index contributed by atoms with van der Waals surface area (Å²) in [4.78, 5) is 28.9. The molecule has 2 N–H and O–H groups in total. The first-order valence-electron chi connectivity index (χ1n) is 9.78. The van der Waals surface area contributed by atoms with Crippen molar-refractivity contribution in [3.8, 4) is 11.1 Å². The zero-order valence-electron chi connectivity index (χ0n) is 16.2. The molecule has 2 fully saturated rings. The molecule has 10 heteroatoms. The van der Waals surface area contributed by atoms with Crippen LogP contribution in [0.1, 0.15) is 12.8 Å². The number of carbonyl (C=O) groups is 2. The van der Waals surface area contributed by atoms with E-state index in [1.54, 1.807) is 24.7 Å². The number of amides is 2. The fourth-order valence-corrected chi connectivity index (χ4v) is 4.54. The number of H-pyrrole nitrogens is 1. The van der Waals surface area contributed by atoms with Crippen molar-refractivity contribution < 1.29 is 22.8 Å². The molecule has 0 radical (unpaired) electrons. The van der Waals surface area contributed by atoms with Crippen LogP contribution >= 0.6 is 0 Å². The molecular formula is C21H18F3N5O2. The number of benzene rings is 1. The normalized spacial score (nSPS) is 18.0. The van der Waals surface area contributed by atoms with Crippen LogP contribution in [0.15, 0.2) is 42.9 Å². The highest BCUT2D eigenvalue weighted by atomic mass is 19.4. The molecule has 2 aliphatic rings. The van der Waals surface area contributed by atoms with Crippen LogP contribution in [-0.4, -0.2) is 51.2 Å². The second-order valence-corrected chi connectivity index (χ2v) is 8.37. The van der Waals surface area contributed by atoms with Crippen molar-refractivity contribution in [3.63, 3.8) is 0 Å². The highest BCUT2D eigenvalue weighted by Crippen LogP contribution is 2.52. The van der Waals surface area contributed by atoms with Crippen molar-refractivity contribution in [2.75, 3.05) is 18.4 Å². The lowest BCUT2D eigenvalue weighted by atomic mass is 9.57. The minimum atomic E-state index is -4.85. The number of pyridine rings is 1. The van der Waals surface area contributed by atoms with E-state index in [4.69, 9.17) is 0 Å². The smallest absolute Gasteiger partial charge is 0.334 e. The highest BCUT2D eigenvalue weighted by Gasteiger charge is 2.58. The zero-order valence-corrected chi connectivity index (χ0v) is 16.2. The first-order valence-corrected chi connectivity index (χ1v) is 9.78. The van der Waals surface area contributed by atoms with E-state index in [1.807, 2.05) is 18.2 Å². The van der Waals surface area contributed by atoms with E-state index in [0.29, 0.717) is 18.7 Å². The monoisotopic (exact) mass is 429 g/mol. The lowest BCUT2D eigenvalue weighted by Gasteiger charge is -2.58. The Labute approximate surface area is 174 Å². The van der Waals surface area contributed by atoms with E-state index in [0.717, 1.165) is 26.8 Å². The van der Waals surface area contributed by atoms with Gasteiger partial charge in [0.15, 0.2) is 0 Å². The maximum Gasteiger partial charge on any atom is 0.471 e. The summed E-state index contributed by atoms with van der Waals surface area (Å²) >= 11 is 0. The van der Waals surface area contributed by atoms with Crippen molar-refractivity contribution in [3.05, 3.63) is 42.9 Å². The van der Waals surface area contributed by atoms with Gasteiger partial charge in [-0.25, -0.2) is 4.98 Å². The molecule has 0 atom stereocenters. The zero-order chi connectivity index (χ0) is 21.8. The lowest BCUT2D eigenvalue weighted by molar-refractivity contribution is -0.203. The number of nitrogens with zero attached hydrogens (tertiary/aromatic N) is 3. The Morgan fingerprint density at radius 3 is 2.55 bits per heavy atom. The third-order valence-electron chi connectivity index (χ3n) is 6.12. The van der Waals surface area contributed by atoms with Gasteiger partial charge in [0.2, 0.25) is 5.91 Å². The van der Waals surface area contributed by atoms with E-state index in [2.05, 4.69) is 20.5 Å². The summed E-state index contributed by atoms with van der Waals surface area (Å²) in [6, 6.07) is 7.68. The SMILES string of the molecule is O=C(Nc1cc2cc(-c3cn[nH]c3)ccc2cn1)C1CC2(C1)CN(C(=O)C(F)(F)F)C2. The lowest BCUT2D eigenvalue weighted by Crippen LogP contribution is -2.66. The number of fused-ring (bicyclic) bond motifs is 1. The number of hydrogen-bond donors (Lipinski definition) is 2. The van der Waals surface area contributed by atoms with E-state index >= 15 is 0 Å². The summed E-state index contributed by atoms with van der Waals surface area (Å²) in [5.41, 5.74) is 1.57. The van der Waals surface area contributed by atoms with Crippen molar-refractivity contribution in [1.29, 1.82) is 0 Å². The first kappa shape index (κ1) is 19.5. The molecule has 1 saturated heterocycles. The summed E-state index contributed by atoms with van der Waals surface area (Å²) < 4.78 is 37.5. The van der Waals surface area contributed by atoms with Gasteiger partial charge in [-0.1, -0.05) is 12.1 Å². The molecular weight excluding hydrogens is 411 g/mol. The number of rotatable bonds is 3. The molecule has 0 unspecified atom stereocenters. The second-order valence-electron chi connectivity index (χ2n) is 8.37. The number of nitrogens with one attached hydrogen (secondary N) is 2. The number of anilines is 1. The van der Waals surface area contributed by atoms with Gasteiger partial charge in [-0.05, 0) is 35.9 Å². The minimum absolute atomic E-state index is 0.0557. The van der Waals surface area contributed by atoms with Crippen molar-refractivity contribution in [2.45, 2.75) is 19.0 Å². The van der Waals surface area contributed by atoms with Crippen LogP contribution in [0.25, 0.3) is 21.9 Å². The van der Waals surface area contributed by atoms with Crippen LogP contribution in [0.5, 0.6) is 0 Å². The summed E-state index contributed by atoms with van der Waals surface area (Å²) in [5, 5.41) is 11.4. The van der Waals surface area contributed by atoms with Gasteiger partial charge < -0.3 is 10.2 Å². The Hall–Kier alpha value is -3.43. The molecule has 3 heterocycles. The maximum absolute atomic E-state index is 12.6. The first-order chi connectivity index (χ1) is 14.7. The Kier molecular flexibility index (Phi) is 4.28. The van der Waals surface area contributed by atoms with Gasteiger partial charge in [0.25, 0.3) is 0 Å². The fourth-order valence-electron chi connectivity index (χ4n) is 4.54. The molecule has 1 saturated carbocycles. The maximum atomic E-state index is 12.6. The molecule has 2 amide bonds. The number of aromatic amines is 1. The Bertz CT molecular complexity index is 1160. The van der Waals surface area contributed by atoms with Gasteiger partial charge in [0, 0.05) is 47.8 Å². The number of hydrogen-bond acceptors (Lipinski definition) is 4. The van der Waals surface area contributed by atoms with E-state index < -0.39 is 12.1 Å². The largest absolute Gasteiger partial charge is 0.471 e. The predicted octanol–water partition coefficient (Wildman–Crippen LogP) is 3.36. The van der Waals surface area contributed by atoms with Crippen molar-refractivity contribution in [2.24, 2.45) is 11.3 Å². The number of likely N-dealkylation sites (tertiary alicyclic amines) is 1. The minimum Gasteiger partial charge on any atom is -0.334 e. The summed E-state index contributed by atoms with van der Waals surface area (Å²) in [7, 11) is 0. The summed E-state index contributed by atoms with van der Waals surface area (Å²) in [6.45, 7) is 0.111. The summed E-state index contributed by atoms with van der Waals surface area (Å²) in [6.07, 6.45) is 1.29. The van der Waals surface area contributed by atoms with E-state index in [-0.39, 0.29) is 30.3 Å². The average molecular weight is 429 g/mol. The molecule has 2 aromatic heterocycles. The Balaban J connectivity index is 1.21.